The first-order valence-electron chi connectivity index (χ1n) is 31.2. The fraction of sp³-hybridized carbons (Fsp3) is 0.694. The van der Waals surface area contributed by atoms with Crippen molar-refractivity contribution in [3.63, 3.8) is 0 Å². The highest BCUT2D eigenvalue weighted by Gasteiger charge is 2.43. The molecule has 3 rings (SSSR count). The zero-order valence-electron chi connectivity index (χ0n) is 52.8. The van der Waals surface area contributed by atoms with Crippen LogP contribution in [0.4, 0.5) is 0 Å². The fourth-order valence-corrected chi connectivity index (χ4v) is 10.4. The van der Waals surface area contributed by atoms with Gasteiger partial charge in [-0.3, -0.25) is 52.7 Å². The Morgan fingerprint density at radius 2 is 1.06 bits per heavy atom. The molecule has 0 bridgehead atoms. The lowest BCUT2D eigenvalue weighted by Gasteiger charge is -2.31. The number of nitrogens with zero attached hydrogens (tertiary/aromatic N) is 1. The van der Waals surface area contributed by atoms with Gasteiger partial charge in [0.2, 0.25) is 59.1 Å². The number of unbranched alkanes of at least 4 members (excludes halogenated alkanes) is 4. The van der Waals surface area contributed by atoms with Crippen LogP contribution in [0.2, 0.25) is 0 Å². The Morgan fingerprint density at radius 3 is 1.62 bits per heavy atom. The lowest BCUT2D eigenvalue weighted by atomic mass is 9.93. The molecular formula is C62H101N11O14. The molecule has 0 aromatic heterocycles. The van der Waals surface area contributed by atoms with Crippen molar-refractivity contribution in [1.82, 2.24) is 58.1 Å². The average molecular weight is 1220 g/mol. The number of allylic oxidation sites excluding steroid dienone is 1. The quantitative estimate of drug-likeness (QED) is 0.0638. The summed E-state index contributed by atoms with van der Waals surface area (Å²) in [6, 6.07) is -2.83. The minimum atomic E-state index is -1.52. The average Bonchev–Trinajstić information content (AvgIpc) is 2.97. The number of fused-ring (bicyclic) bond motifs is 1. The minimum Gasteiger partial charge on any atom is -0.396 e. The summed E-state index contributed by atoms with van der Waals surface area (Å²) in [5.41, 5.74) is 0.244. The maximum absolute atomic E-state index is 14.6. The van der Waals surface area contributed by atoms with E-state index in [-0.39, 0.29) is 69.0 Å². The number of hydrogen-bond donors (Lipinski definition) is 13. The molecule has 2 heterocycles. The first-order chi connectivity index (χ1) is 41.3. The zero-order chi connectivity index (χ0) is 64.9. The maximum atomic E-state index is 14.6. The number of carbonyl (C=O) groups is 11. The predicted octanol–water partition coefficient (Wildman–Crippen LogP) is 0.919. The molecule has 1 aromatic carbocycles. The molecule has 11 amide bonds. The summed E-state index contributed by atoms with van der Waals surface area (Å²) in [5, 5.41) is 58.1. The fourth-order valence-electron chi connectivity index (χ4n) is 10.4. The molecular weight excluding hydrogens is 1120 g/mol. The summed E-state index contributed by atoms with van der Waals surface area (Å²) in [4.78, 5) is 157. The van der Waals surface area contributed by atoms with Crippen LogP contribution >= 0.6 is 0 Å². The SMILES string of the molecule is C/C=C1/NC(=O)[C@@H](CCO)NC(=O)C[C@H](CCCCCCC)NC(=O)CNC(=O)[C@@H](CC(C)C)NC(=O)[C@@H](C(C)CC)NC(=O)[C@H](C(C)CC)NC(=O)C(CC(C)C)NC(=O)[C@H](Cc2ccccc2)NC(=O)C(CCO)NC(=O)[C@@H]2CC(O)CN2C1=O. The van der Waals surface area contributed by atoms with E-state index in [2.05, 4.69) is 60.1 Å². The molecule has 2 saturated heterocycles. The van der Waals surface area contributed by atoms with Gasteiger partial charge in [0.25, 0.3) is 5.91 Å². The Balaban J connectivity index is 2.18. The van der Waals surface area contributed by atoms with E-state index in [4.69, 9.17) is 0 Å². The predicted molar refractivity (Wildman–Crippen MR) is 326 cm³/mol. The molecule has 25 nitrogen and oxygen atoms in total. The topological polar surface area (TPSA) is 372 Å². The van der Waals surface area contributed by atoms with Crippen LogP contribution in [-0.2, 0) is 59.2 Å². The Bertz CT molecular complexity index is 2480. The van der Waals surface area contributed by atoms with E-state index in [0.29, 0.717) is 31.2 Å². The van der Waals surface area contributed by atoms with Gasteiger partial charge in [-0.25, -0.2) is 0 Å². The second-order valence-electron chi connectivity index (χ2n) is 24.0. The molecule has 13 N–H and O–H groups in total. The van der Waals surface area contributed by atoms with Crippen LogP contribution in [0.1, 0.15) is 165 Å². The lowest BCUT2D eigenvalue weighted by Crippen LogP contribution is -2.62. The van der Waals surface area contributed by atoms with Crippen molar-refractivity contribution < 1.29 is 68.1 Å². The van der Waals surface area contributed by atoms with Gasteiger partial charge < -0.3 is 73.4 Å². The number of aliphatic hydroxyl groups is 3. The normalized spacial score (nSPS) is 26.6. The minimum absolute atomic E-state index is 0.0705. The summed E-state index contributed by atoms with van der Waals surface area (Å²) in [7, 11) is 0. The van der Waals surface area contributed by atoms with Gasteiger partial charge in [-0.15, -0.1) is 0 Å². The van der Waals surface area contributed by atoms with E-state index in [1.54, 1.807) is 44.2 Å². The van der Waals surface area contributed by atoms with Crippen molar-refractivity contribution in [2.24, 2.45) is 23.7 Å². The molecule has 12 atom stereocenters. The van der Waals surface area contributed by atoms with Crippen molar-refractivity contribution >= 4 is 65.0 Å². The van der Waals surface area contributed by atoms with Crippen LogP contribution in [0, 0.1) is 23.7 Å². The first-order valence-corrected chi connectivity index (χ1v) is 31.2. The Morgan fingerprint density at radius 1 is 0.552 bits per heavy atom. The van der Waals surface area contributed by atoms with Crippen LogP contribution in [0.15, 0.2) is 42.1 Å². The molecule has 0 spiro atoms. The molecule has 0 aliphatic carbocycles. The summed E-state index contributed by atoms with van der Waals surface area (Å²) in [5.74, 6) is -10.0. The number of carbonyl (C=O) groups excluding carboxylic acids is 11. The van der Waals surface area contributed by atoms with Crippen LogP contribution in [0.3, 0.4) is 0 Å². The second-order valence-corrected chi connectivity index (χ2v) is 24.0. The van der Waals surface area contributed by atoms with E-state index in [1.165, 1.54) is 13.0 Å². The summed E-state index contributed by atoms with van der Waals surface area (Å²) >= 11 is 0. The van der Waals surface area contributed by atoms with Crippen LogP contribution < -0.4 is 53.2 Å². The molecule has 5 unspecified atom stereocenters. The van der Waals surface area contributed by atoms with Crippen LogP contribution in [0.25, 0.3) is 0 Å². The highest BCUT2D eigenvalue weighted by atomic mass is 16.3. The van der Waals surface area contributed by atoms with E-state index in [9.17, 15) is 68.1 Å². The summed E-state index contributed by atoms with van der Waals surface area (Å²) in [6.07, 6.45) is 4.20. The largest absolute Gasteiger partial charge is 0.396 e. The number of nitrogens with one attached hydrogen (secondary N) is 10. The van der Waals surface area contributed by atoms with E-state index in [1.807, 2.05) is 41.5 Å². The molecule has 0 saturated carbocycles. The van der Waals surface area contributed by atoms with Gasteiger partial charge in [-0.1, -0.05) is 144 Å². The van der Waals surface area contributed by atoms with Crippen molar-refractivity contribution in [3.05, 3.63) is 47.7 Å². The highest BCUT2D eigenvalue weighted by Crippen LogP contribution is 2.22. The van der Waals surface area contributed by atoms with Crippen molar-refractivity contribution in [2.75, 3.05) is 26.3 Å². The molecule has 2 fully saturated rings. The van der Waals surface area contributed by atoms with E-state index < -0.39 is 157 Å². The van der Waals surface area contributed by atoms with Crippen molar-refractivity contribution in [2.45, 2.75) is 226 Å². The van der Waals surface area contributed by atoms with Gasteiger partial charge in [-0.05, 0) is 68.3 Å². The summed E-state index contributed by atoms with van der Waals surface area (Å²) in [6.45, 7) is 15.8. The van der Waals surface area contributed by atoms with Gasteiger partial charge in [-0.2, -0.15) is 0 Å². The van der Waals surface area contributed by atoms with Gasteiger partial charge in [0.05, 0.1) is 12.6 Å². The Kier molecular flexibility index (Phi) is 32.7. The molecule has 488 valence electrons. The Labute approximate surface area is 513 Å². The molecule has 2 aliphatic heterocycles. The number of benzene rings is 1. The van der Waals surface area contributed by atoms with Gasteiger partial charge in [0, 0.05) is 45.1 Å². The van der Waals surface area contributed by atoms with Crippen molar-refractivity contribution in [3.8, 4) is 0 Å². The number of rotatable bonds is 20. The highest BCUT2D eigenvalue weighted by molar-refractivity contribution is 6.02. The number of aliphatic hydroxyl groups excluding tert-OH is 3. The third-order valence-corrected chi connectivity index (χ3v) is 15.8. The van der Waals surface area contributed by atoms with Gasteiger partial charge in [0.1, 0.15) is 54.0 Å². The third-order valence-electron chi connectivity index (χ3n) is 15.8. The first kappa shape index (κ1) is 74.3. The molecule has 2 aliphatic rings. The Hall–Kier alpha value is -6.99. The van der Waals surface area contributed by atoms with Gasteiger partial charge >= 0.3 is 0 Å². The van der Waals surface area contributed by atoms with Crippen LogP contribution in [-0.4, -0.2) is 172 Å². The van der Waals surface area contributed by atoms with E-state index in [0.717, 1.165) is 30.6 Å². The maximum Gasteiger partial charge on any atom is 0.270 e. The standard InChI is InChI=1S/C62H101N11O14/c1-11-15-16-17-21-24-41-32-50(77)65-44(25-27-74)55(80)66-43(14-4)62(87)73-35-42(76)33-49(73)59(84)67-45(26-28-75)56(81)69-48(31-40-22-19-18-20-23-40)57(82)68-47(30-37(7)8)58(83)71-53(39(10)13-3)61(86)72-52(38(9)12-2)60(85)70-46(29-36(5)6)54(79)63-34-51(78)64-41/h14,18-20,22-23,36-39,41-42,44-49,52-53,74-76H,11-13,15-17,21,24-35H2,1-10H3,(H,63,79)(H,64,78)(H,65,77)(H,66,80)(H,67,84)(H,68,82)(H,69,81)(H,70,85)(H,71,83)(H,72,86)/b43-14+/t38?,39?,41-,42?,44+,45?,46+,47?,48-,49-,52+,53-/m0/s1. The number of amides is 11. The molecule has 0 radical (unpaired) electrons. The molecule has 25 heteroatoms. The number of hydrogen-bond acceptors (Lipinski definition) is 14. The molecule has 87 heavy (non-hydrogen) atoms. The van der Waals surface area contributed by atoms with E-state index >= 15 is 0 Å². The van der Waals surface area contributed by atoms with Crippen molar-refractivity contribution in [1.29, 1.82) is 0 Å². The summed E-state index contributed by atoms with van der Waals surface area (Å²) < 4.78 is 0. The van der Waals surface area contributed by atoms with Crippen LogP contribution in [0.5, 0.6) is 0 Å². The third kappa shape index (κ3) is 25.0. The lowest BCUT2D eigenvalue weighted by molar-refractivity contribution is -0.139. The van der Waals surface area contributed by atoms with Gasteiger partial charge in [0.15, 0.2) is 0 Å². The monoisotopic (exact) mass is 1220 g/mol. The smallest absolute Gasteiger partial charge is 0.270 e. The molecule has 1 aromatic rings. The zero-order valence-corrected chi connectivity index (χ0v) is 52.8. The second kappa shape index (κ2) is 38.3.